The van der Waals surface area contributed by atoms with Crippen LogP contribution in [-0.2, 0) is 4.74 Å². The zero-order chi connectivity index (χ0) is 13.1. The maximum absolute atomic E-state index is 11.9. The summed E-state index contributed by atoms with van der Waals surface area (Å²) in [7, 11) is 0. The number of aromatic nitrogens is 1. The maximum Gasteiger partial charge on any atom is 0.257 e. The molecule has 1 aromatic heterocycles. The third-order valence-electron chi connectivity index (χ3n) is 3.28. The molecule has 3 rings (SSSR count). The maximum atomic E-state index is 11.9. The molecular formula is C14H17N3O2. The highest BCUT2D eigenvalue weighted by molar-refractivity contribution is 5.83. The minimum atomic E-state index is -0.0664. The summed E-state index contributed by atoms with van der Waals surface area (Å²) in [4.78, 5) is 14.8. The quantitative estimate of drug-likeness (QED) is 0.767. The van der Waals surface area contributed by atoms with Gasteiger partial charge in [0.2, 0.25) is 0 Å². The van der Waals surface area contributed by atoms with Gasteiger partial charge in [0.15, 0.2) is 0 Å². The fraction of sp³-hybridized carbons (Fsp3) is 0.357. The van der Waals surface area contributed by atoms with Gasteiger partial charge in [-0.15, -0.1) is 0 Å². The minimum absolute atomic E-state index is 0.0664. The SMILES string of the molecule is O=c1[nH]c(NCC2CNCCO2)cc2ccccc12. The van der Waals surface area contributed by atoms with Gasteiger partial charge in [-0.05, 0) is 17.5 Å². The van der Waals surface area contributed by atoms with Crippen molar-refractivity contribution in [2.45, 2.75) is 6.10 Å². The van der Waals surface area contributed by atoms with E-state index >= 15 is 0 Å². The van der Waals surface area contributed by atoms with Gasteiger partial charge in [0.1, 0.15) is 5.82 Å². The molecule has 2 aromatic rings. The average molecular weight is 259 g/mol. The second-order valence-corrected chi connectivity index (χ2v) is 4.68. The highest BCUT2D eigenvalue weighted by Gasteiger charge is 2.12. The molecule has 1 aromatic carbocycles. The van der Waals surface area contributed by atoms with E-state index in [2.05, 4.69) is 15.6 Å². The van der Waals surface area contributed by atoms with Crippen molar-refractivity contribution in [2.75, 3.05) is 31.6 Å². The Bertz CT molecular complexity index is 617. The van der Waals surface area contributed by atoms with Crippen LogP contribution in [0.4, 0.5) is 5.82 Å². The van der Waals surface area contributed by atoms with Gasteiger partial charge in [-0.1, -0.05) is 18.2 Å². The van der Waals surface area contributed by atoms with E-state index in [9.17, 15) is 4.79 Å². The Morgan fingerprint density at radius 1 is 1.37 bits per heavy atom. The van der Waals surface area contributed by atoms with Gasteiger partial charge >= 0.3 is 0 Å². The Labute approximate surface area is 111 Å². The molecule has 0 amide bonds. The van der Waals surface area contributed by atoms with Crippen molar-refractivity contribution in [3.63, 3.8) is 0 Å². The number of H-pyrrole nitrogens is 1. The Hall–Kier alpha value is -1.85. The number of fused-ring (bicyclic) bond motifs is 1. The second kappa shape index (κ2) is 5.42. The summed E-state index contributed by atoms with van der Waals surface area (Å²) >= 11 is 0. The molecule has 0 bridgehead atoms. The number of aromatic amines is 1. The largest absolute Gasteiger partial charge is 0.374 e. The lowest BCUT2D eigenvalue weighted by molar-refractivity contribution is 0.0372. The van der Waals surface area contributed by atoms with Gasteiger partial charge in [-0.3, -0.25) is 4.79 Å². The van der Waals surface area contributed by atoms with E-state index in [1.54, 1.807) is 0 Å². The molecule has 0 aliphatic carbocycles. The van der Waals surface area contributed by atoms with Crippen molar-refractivity contribution < 1.29 is 4.74 Å². The van der Waals surface area contributed by atoms with Crippen molar-refractivity contribution >= 4 is 16.6 Å². The average Bonchev–Trinajstić information content (AvgIpc) is 2.46. The molecule has 1 unspecified atom stereocenters. The van der Waals surface area contributed by atoms with Crippen LogP contribution in [0.15, 0.2) is 35.1 Å². The number of ether oxygens (including phenoxy) is 1. The van der Waals surface area contributed by atoms with E-state index < -0.39 is 0 Å². The standard InChI is InChI=1S/C14H17N3O2/c18-14-12-4-2-1-3-10(12)7-13(17-14)16-9-11-8-15-5-6-19-11/h1-4,7,11,15H,5-6,8-9H2,(H2,16,17,18). The number of anilines is 1. The summed E-state index contributed by atoms with van der Waals surface area (Å²) in [5.74, 6) is 0.734. The molecule has 1 atom stereocenters. The molecule has 19 heavy (non-hydrogen) atoms. The van der Waals surface area contributed by atoms with Crippen LogP contribution in [0.3, 0.4) is 0 Å². The third kappa shape index (κ3) is 2.77. The molecule has 0 spiro atoms. The fourth-order valence-corrected chi connectivity index (χ4v) is 2.28. The lowest BCUT2D eigenvalue weighted by atomic mass is 10.2. The first-order valence-corrected chi connectivity index (χ1v) is 6.51. The van der Waals surface area contributed by atoms with Gasteiger partial charge in [0, 0.05) is 25.0 Å². The fourth-order valence-electron chi connectivity index (χ4n) is 2.28. The predicted octanol–water partition coefficient (Wildman–Crippen LogP) is 0.928. The van der Waals surface area contributed by atoms with Crippen LogP contribution in [0.5, 0.6) is 0 Å². The second-order valence-electron chi connectivity index (χ2n) is 4.68. The molecule has 2 heterocycles. The molecule has 5 heteroatoms. The topological polar surface area (TPSA) is 66.2 Å². The number of rotatable bonds is 3. The molecule has 1 aliphatic rings. The molecular weight excluding hydrogens is 242 g/mol. The van der Waals surface area contributed by atoms with Crippen LogP contribution in [0.25, 0.3) is 10.8 Å². The van der Waals surface area contributed by atoms with E-state index in [-0.39, 0.29) is 11.7 Å². The number of hydrogen-bond acceptors (Lipinski definition) is 4. The summed E-state index contributed by atoms with van der Waals surface area (Å²) in [5, 5.41) is 8.15. The molecule has 0 radical (unpaired) electrons. The summed E-state index contributed by atoms with van der Waals surface area (Å²) in [6.07, 6.45) is 0.142. The Morgan fingerprint density at radius 2 is 2.26 bits per heavy atom. The van der Waals surface area contributed by atoms with E-state index in [4.69, 9.17) is 4.74 Å². The van der Waals surface area contributed by atoms with Crippen LogP contribution >= 0.6 is 0 Å². The molecule has 100 valence electrons. The molecule has 1 aliphatic heterocycles. The van der Waals surface area contributed by atoms with Gasteiger partial charge in [0.25, 0.3) is 5.56 Å². The zero-order valence-electron chi connectivity index (χ0n) is 10.6. The van der Waals surface area contributed by atoms with Crippen LogP contribution in [0, 0.1) is 0 Å². The lowest BCUT2D eigenvalue weighted by Gasteiger charge is -2.24. The smallest absolute Gasteiger partial charge is 0.257 e. The van der Waals surface area contributed by atoms with E-state index in [1.165, 1.54) is 0 Å². The normalized spacial score (nSPS) is 19.5. The summed E-state index contributed by atoms with van der Waals surface area (Å²) < 4.78 is 5.60. The van der Waals surface area contributed by atoms with Crippen molar-refractivity contribution in [1.82, 2.24) is 10.3 Å². The van der Waals surface area contributed by atoms with Gasteiger partial charge in [-0.2, -0.15) is 0 Å². The van der Waals surface area contributed by atoms with E-state index in [0.29, 0.717) is 11.9 Å². The number of hydrogen-bond donors (Lipinski definition) is 3. The highest BCUT2D eigenvalue weighted by Crippen LogP contribution is 2.12. The van der Waals surface area contributed by atoms with Crippen molar-refractivity contribution in [3.05, 3.63) is 40.7 Å². The lowest BCUT2D eigenvalue weighted by Crippen LogP contribution is -2.42. The van der Waals surface area contributed by atoms with Crippen molar-refractivity contribution in [1.29, 1.82) is 0 Å². The molecule has 3 N–H and O–H groups in total. The van der Waals surface area contributed by atoms with Gasteiger partial charge in [-0.25, -0.2) is 0 Å². The minimum Gasteiger partial charge on any atom is -0.374 e. The van der Waals surface area contributed by atoms with E-state index in [0.717, 1.165) is 30.9 Å². The van der Waals surface area contributed by atoms with Gasteiger partial charge in [0.05, 0.1) is 12.7 Å². The summed E-state index contributed by atoms with van der Waals surface area (Å²) in [5.41, 5.74) is -0.0664. The van der Waals surface area contributed by atoms with E-state index in [1.807, 2.05) is 30.3 Å². The van der Waals surface area contributed by atoms with Crippen LogP contribution in [0.1, 0.15) is 0 Å². The first-order valence-electron chi connectivity index (χ1n) is 6.51. The predicted molar refractivity (Wildman–Crippen MR) is 75.7 cm³/mol. The molecule has 0 saturated carbocycles. The Kier molecular flexibility index (Phi) is 3.48. The number of benzene rings is 1. The first kappa shape index (κ1) is 12.2. The summed E-state index contributed by atoms with van der Waals surface area (Å²) in [6.45, 7) is 3.16. The number of nitrogens with one attached hydrogen (secondary N) is 3. The zero-order valence-corrected chi connectivity index (χ0v) is 10.6. The Balaban J connectivity index is 1.75. The monoisotopic (exact) mass is 259 g/mol. The first-order chi connectivity index (χ1) is 9.33. The van der Waals surface area contributed by atoms with Crippen LogP contribution in [-0.4, -0.2) is 37.3 Å². The van der Waals surface area contributed by atoms with Crippen molar-refractivity contribution in [3.8, 4) is 0 Å². The van der Waals surface area contributed by atoms with Crippen LogP contribution < -0.4 is 16.2 Å². The molecule has 1 fully saturated rings. The third-order valence-corrected chi connectivity index (χ3v) is 3.28. The Morgan fingerprint density at radius 3 is 3.11 bits per heavy atom. The number of pyridine rings is 1. The summed E-state index contributed by atoms with van der Waals surface area (Å²) in [6, 6.07) is 9.51. The molecule has 5 nitrogen and oxygen atoms in total. The van der Waals surface area contributed by atoms with Crippen LogP contribution in [0.2, 0.25) is 0 Å². The van der Waals surface area contributed by atoms with Gasteiger partial charge < -0.3 is 20.4 Å². The molecule has 1 saturated heterocycles. The van der Waals surface area contributed by atoms with Crippen molar-refractivity contribution in [2.24, 2.45) is 0 Å². The number of morpholine rings is 1. The highest BCUT2D eigenvalue weighted by atomic mass is 16.5.